The number of sulfonamides is 1. The van der Waals surface area contributed by atoms with Gasteiger partial charge in [0.15, 0.2) is 0 Å². The molecule has 2 aromatic rings. The summed E-state index contributed by atoms with van der Waals surface area (Å²) in [6.07, 6.45) is 2.82. The van der Waals surface area contributed by atoms with E-state index in [0.717, 1.165) is 30.5 Å². The minimum Gasteiger partial charge on any atom is -0.326 e. The minimum atomic E-state index is -3.62. The zero-order chi connectivity index (χ0) is 18.9. The van der Waals surface area contributed by atoms with Gasteiger partial charge in [0.1, 0.15) is 0 Å². The molecular weight excluding hydrogens is 362 g/mol. The summed E-state index contributed by atoms with van der Waals surface area (Å²) in [6.45, 7) is 1.13. The van der Waals surface area contributed by atoms with Crippen molar-refractivity contribution in [2.45, 2.75) is 36.6 Å². The van der Waals surface area contributed by atoms with Crippen molar-refractivity contribution in [3.63, 3.8) is 0 Å². The van der Waals surface area contributed by atoms with Gasteiger partial charge < -0.3 is 10.6 Å². The van der Waals surface area contributed by atoms with E-state index in [0.29, 0.717) is 25.1 Å². The smallest absolute Gasteiger partial charge is 0.240 e. The molecule has 0 saturated heterocycles. The molecule has 2 aliphatic heterocycles. The highest BCUT2D eigenvalue weighted by Crippen LogP contribution is 2.26. The third-order valence-electron chi connectivity index (χ3n) is 5.20. The molecule has 6 nitrogen and oxygen atoms in total. The molecule has 0 aliphatic carbocycles. The molecule has 27 heavy (non-hydrogen) atoms. The molecule has 0 aromatic heterocycles. The Morgan fingerprint density at radius 2 is 1.89 bits per heavy atom. The van der Waals surface area contributed by atoms with Gasteiger partial charge in [-0.1, -0.05) is 24.3 Å². The van der Waals surface area contributed by atoms with Crippen LogP contribution in [0.5, 0.6) is 0 Å². The molecule has 0 fully saturated rings. The standard InChI is InChI=1S/C20H23N3O3S/c24-20-7-3-5-15-12-16(8-9-18(15)23-20)27(25,26)22-13-19-17-6-2-1-4-14(17)10-11-21-19/h1-2,4,6,8-9,12,19,21-22H,3,5,7,10-11,13H2,(H,23,24). The molecule has 142 valence electrons. The summed E-state index contributed by atoms with van der Waals surface area (Å²) in [4.78, 5) is 11.9. The first-order valence-electron chi connectivity index (χ1n) is 9.26. The molecule has 0 radical (unpaired) electrons. The van der Waals surface area contributed by atoms with Gasteiger partial charge in [-0.15, -0.1) is 0 Å². The number of hydrogen-bond acceptors (Lipinski definition) is 4. The first-order chi connectivity index (χ1) is 13.0. The Hall–Kier alpha value is -2.22. The Bertz CT molecular complexity index is 972. The van der Waals surface area contributed by atoms with Crippen LogP contribution in [-0.4, -0.2) is 27.4 Å². The number of benzene rings is 2. The van der Waals surface area contributed by atoms with Crippen molar-refractivity contribution in [1.82, 2.24) is 10.0 Å². The molecule has 3 N–H and O–H groups in total. The van der Waals surface area contributed by atoms with Gasteiger partial charge in [0.2, 0.25) is 15.9 Å². The van der Waals surface area contributed by atoms with Crippen LogP contribution in [0.1, 0.15) is 35.6 Å². The van der Waals surface area contributed by atoms with Crippen molar-refractivity contribution in [2.75, 3.05) is 18.4 Å². The van der Waals surface area contributed by atoms with Gasteiger partial charge in [0.05, 0.1) is 4.90 Å². The zero-order valence-electron chi connectivity index (χ0n) is 15.0. The number of carbonyl (C=O) groups excluding carboxylic acids is 1. The molecule has 4 rings (SSSR count). The lowest BCUT2D eigenvalue weighted by Gasteiger charge is -2.27. The van der Waals surface area contributed by atoms with Crippen LogP contribution in [-0.2, 0) is 27.7 Å². The average Bonchev–Trinajstić information content (AvgIpc) is 2.86. The molecule has 7 heteroatoms. The fourth-order valence-electron chi connectivity index (χ4n) is 3.77. The highest BCUT2D eigenvalue weighted by atomic mass is 32.2. The molecule has 2 heterocycles. The first-order valence-corrected chi connectivity index (χ1v) is 10.7. The number of hydrogen-bond donors (Lipinski definition) is 3. The summed E-state index contributed by atoms with van der Waals surface area (Å²) in [5.41, 5.74) is 3.99. The van der Waals surface area contributed by atoms with Crippen LogP contribution in [0.25, 0.3) is 0 Å². The van der Waals surface area contributed by atoms with E-state index in [2.05, 4.69) is 21.4 Å². The van der Waals surface area contributed by atoms with Crippen LogP contribution in [0, 0.1) is 0 Å². The lowest BCUT2D eigenvalue weighted by molar-refractivity contribution is -0.116. The summed E-state index contributed by atoms with van der Waals surface area (Å²) in [5, 5.41) is 6.22. The maximum atomic E-state index is 12.8. The summed E-state index contributed by atoms with van der Waals surface area (Å²) < 4.78 is 28.3. The van der Waals surface area contributed by atoms with E-state index in [4.69, 9.17) is 0 Å². The molecule has 0 saturated carbocycles. The topological polar surface area (TPSA) is 87.3 Å². The fraction of sp³-hybridized carbons (Fsp3) is 0.350. The van der Waals surface area contributed by atoms with E-state index in [1.165, 1.54) is 5.56 Å². The number of nitrogens with one attached hydrogen (secondary N) is 3. The third kappa shape index (κ3) is 3.90. The fourth-order valence-corrected chi connectivity index (χ4v) is 4.87. The van der Waals surface area contributed by atoms with Gasteiger partial charge in [-0.25, -0.2) is 13.1 Å². The molecule has 2 aliphatic rings. The van der Waals surface area contributed by atoms with Crippen molar-refractivity contribution in [3.8, 4) is 0 Å². The van der Waals surface area contributed by atoms with E-state index in [-0.39, 0.29) is 16.8 Å². The van der Waals surface area contributed by atoms with Crippen molar-refractivity contribution >= 4 is 21.6 Å². The Morgan fingerprint density at radius 1 is 1.04 bits per heavy atom. The number of anilines is 1. The minimum absolute atomic E-state index is 0.0236. The predicted molar refractivity (Wildman–Crippen MR) is 104 cm³/mol. The summed E-state index contributed by atoms with van der Waals surface area (Å²) >= 11 is 0. The normalized spacial score (nSPS) is 19.6. The second kappa shape index (κ2) is 7.42. The van der Waals surface area contributed by atoms with Crippen molar-refractivity contribution in [2.24, 2.45) is 0 Å². The Kier molecular flexibility index (Phi) is 4.99. The number of rotatable bonds is 4. The maximum absolute atomic E-state index is 12.8. The van der Waals surface area contributed by atoms with Crippen LogP contribution >= 0.6 is 0 Å². The summed E-state index contributed by atoms with van der Waals surface area (Å²) in [5.74, 6) is -0.0236. The highest BCUT2D eigenvalue weighted by Gasteiger charge is 2.23. The Balaban J connectivity index is 1.51. The number of fused-ring (bicyclic) bond motifs is 2. The number of amides is 1. The molecular formula is C20H23N3O3S. The Labute approximate surface area is 159 Å². The van der Waals surface area contributed by atoms with E-state index >= 15 is 0 Å². The Morgan fingerprint density at radius 3 is 2.78 bits per heavy atom. The zero-order valence-corrected chi connectivity index (χ0v) is 15.8. The second-order valence-electron chi connectivity index (χ2n) is 7.03. The van der Waals surface area contributed by atoms with E-state index in [1.54, 1.807) is 18.2 Å². The van der Waals surface area contributed by atoms with Crippen LogP contribution in [0.15, 0.2) is 47.4 Å². The van der Waals surface area contributed by atoms with Crippen LogP contribution in [0.2, 0.25) is 0 Å². The van der Waals surface area contributed by atoms with Crippen LogP contribution in [0.4, 0.5) is 5.69 Å². The quantitative estimate of drug-likeness (QED) is 0.752. The van der Waals surface area contributed by atoms with Gasteiger partial charge in [-0.3, -0.25) is 4.79 Å². The van der Waals surface area contributed by atoms with Crippen LogP contribution in [0.3, 0.4) is 0 Å². The van der Waals surface area contributed by atoms with Gasteiger partial charge in [-0.05, 0) is 60.7 Å². The van der Waals surface area contributed by atoms with E-state index in [1.807, 2.05) is 18.2 Å². The number of carbonyl (C=O) groups is 1. The van der Waals surface area contributed by atoms with Crippen molar-refractivity contribution < 1.29 is 13.2 Å². The molecule has 0 bridgehead atoms. The molecule has 1 atom stereocenters. The average molecular weight is 385 g/mol. The monoisotopic (exact) mass is 385 g/mol. The molecule has 1 unspecified atom stereocenters. The SMILES string of the molecule is O=C1CCCc2cc(S(=O)(=O)NCC3NCCc4ccccc43)ccc2N1. The van der Waals surface area contributed by atoms with Gasteiger partial charge >= 0.3 is 0 Å². The predicted octanol–water partition coefficient (Wildman–Crippen LogP) is 2.13. The first kappa shape index (κ1) is 18.2. The van der Waals surface area contributed by atoms with Crippen LogP contribution < -0.4 is 15.4 Å². The molecule has 1 amide bonds. The van der Waals surface area contributed by atoms with Crippen molar-refractivity contribution in [1.29, 1.82) is 0 Å². The van der Waals surface area contributed by atoms with Gasteiger partial charge in [0, 0.05) is 24.7 Å². The summed E-state index contributed by atoms with van der Waals surface area (Å²) in [6, 6.07) is 13.0. The second-order valence-corrected chi connectivity index (χ2v) is 8.80. The molecule has 0 spiro atoms. The third-order valence-corrected chi connectivity index (χ3v) is 6.63. The highest BCUT2D eigenvalue weighted by molar-refractivity contribution is 7.89. The lowest BCUT2D eigenvalue weighted by atomic mass is 9.95. The lowest BCUT2D eigenvalue weighted by Crippen LogP contribution is -2.38. The number of aryl methyl sites for hydroxylation is 1. The van der Waals surface area contributed by atoms with Gasteiger partial charge in [0.25, 0.3) is 0 Å². The maximum Gasteiger partial charge on any atom is 0.240 e. The largest absolute Gasteiger partial charge is 0.326 e. The van der Waals surface area contributed by atoms with E-state index in [9.17, 15) is 13.2 Å². The van der Waals surface area contributed by atoms with E-state index < -0.39 is 10.0 Å². The van der Waals surface area contributed by atoms with Gasteiger partial charge in [-0.2, -0.15) is 0 Å². The van der Waals surface area contributed by atoms with Crippen molar-refractivity contribution in [3.05, 3.63) is 59.2 Å². The molecule has 2 aromatic carbocycles. The summed E-state index contributed by atoms with van der Waals surface area (Å²) in [7, 11) is -3.62.